The summed E-state index contributed by atoms with van der Waals surface area (Å²) in [6, 6.07) is -0.857. The van der Waals surface area contributed by atoms with E-state index in [1.165, 1.54) is 4.90 Å². The lowest BCUT2D eigenvalue weighted by molar-refractivity contribution is -0.138. The lowest BCUT2D eigenvalue weighted by Gasteiger charge is -2.30. The van der Waals surface area contributed by atoms with Crippen LogP contribution in [0.15, 0.2) is 9.98 Å². The Morgan fingerprint density at radius 3 is 2.85 bits per heavy atom. The normalized spacial score (nSPS) is 21.0. The largest absolute Gasteiger partial charge is 0.356 e. The Bertz CT molecular complexity index is 562. The van der Waals surface area contributed by atoms with Crippen LogP contribution in [0.2, 0.25) is 0 Å². The molecule has 0 aliphatic carbocycles. The van der Waals surface area contributed by atoms with Gasteiger partial charge < -0.3 is 21.7 Å². The molecule has 2 atom stereocenters. The van der Waals surface area contributed by atoms with Gasteiger partial charge in [-0.25, -0.2) is 4.99 Å². The highest BCUT2D eigenvalue weighted by molar-refractivity contribution is 6.08. The maximum Gasteiger partial charge on any atom is 0.251 e. The van der Waals surface area contributed by atoms with E-state index in [-0.39, 0.29) is 30.8 Å². The van der Waals surface area contributed by atoms with Gasteiger partial charge in [-0.3, -0.25) is 25.2 Å². The van der Waals surface area contributed by atoms with Gasteiger partial charge >= 0.3 is 0 Å². The Balaban J connectivity index is 1.83. The standard InChI is InChI=1S/C16H30N8O2/c1-24(13(25)9-11(18)5-2-3-6-17)12-10-21-16(22-14(12)26)23-15-19-7-4-8-20-15/h11-12H,2-10,17-18H2,1H3,(H3,19,20,21,22,23,26)/t11-,12?/m0/s1. The maximum absolute atomic E-state index is 12.4. The van der Waals surface area contributed by atoms with Crippen LogP contribution in [0.1, 0.15) is 32.1 Å². The van der Waals surface area contributed by atoms with Crippen molar-refractivity contribution < 1.29 is 9.59 Å². The average Bonchev–Trinajstić information content (AvgIpc) is 2.62. The fourth-order valence-corrected chi connectivity index (χ4v) is 2.79. The molecule has 146 valence electrons. The van der Waals surface area contributed by atoms with Gasteiger partial charge in [0.1, 0.15) is 6.04 Å². The lowest BCUT2D eigenvalue weighted by Crippen LogP contribution is -2.59. The summed E-state index contributed by atoms with van der Waals surface area (Å²) in [5, 5.41) is 8.74. The van der Waals surface area contributed by atoms with E-state index in [9.17, 15) is 9.59 Å². The van der Waals surface area contributed by atoms with Gasteiger partial charge in [0.2, 0.25) is 11.9 Å². The summed E-state index contributed by atoms with van der Waals surface area (Å²) in [5.41, 5.74) is 11.5. The van der Waals surface area contributed by atoms with Crippen LogP contribution in [-0.4, -0.2) is 73.9 Å². The Labute approximate surface area is 153 Å². The Morgan fingerprint density at radius 1 is 1.38 bits per heavy atom. The molecule has 2 amide bonds. The van der Waals surface area contributed by atoms with Gasteiger partial charge in [0.15, 0.2) is 5.96 Å². The number of rotatable bonds is 7. The first-order valence-corrected chi connectivity index (χ1v) is 9.13. The van der Waals surface area contributed by atoms with Crippen molar-refractivity contribution in [2.45, 2.75) is 44.2 Å². The van der Waals surface area contributed by atoms with Gasteiger partial charge in [-0.2, -0.15) is 0 Å². The van der Waals surface area contributed by atoms with Gasteiger partial charge in [-0.15, -0.1) is 0 Å². The first kappa shape index (κ1) is 20.1. The van der Waals surface area contributed by atoms with Crippen molar-refractivity contribution >= 4 is 23.7 Å². The zero-order valence-corrected chi connectivity index (χ0v) is 15.3. The fourth-order valence-electron chi connectivity index (χ4n) is 2.79. The Morgan fingerprint density at radius 2 is 2.19 bits per heavy atom. The Kier molecular flexibility index (Phi) is 7.79. The van der Waals surface area contributed by atoms with Crippen LogP contribution in [-0.2, 0) is 9.59 Å². The molecule has 0 fully saturated rings. The molecule has 0 aromatic carbocycles. The summed E-state index contributed by atoms with van der Waals surface area (Å²) in [5.74, 6) is 0.516. The number of guanidine groups is 2. The third-order valence-electron chi connectivity index (χ3n) is 4.43. The second kappa shape index (κ2) is 10.1. The van der Waals surface area contributed by atoms with Crippen LogP contribution in [0.5, 0.6) is 0 Å². The summed E-state index contributed by atoms with van der Waals surface area (Å²) in [7, 11) is 1.61. The molecule has 7 N–H and O–H groups in total. The molecule has 0 saturated carbocycles. The molecular formula is C16H30N8O2. The molecule has 0 saturated heterocycles. The van der Waals surface area contributed by atoms with Crippen LogP contribution < -0.4 is 27.4 Å². The number of nitrogens with two attached hydrogens (primary N) is 2. The van der Waals surface area contributed by atoms with E-state index in [0.717, 1.165) is 38.8 Å². The summed E-state index contributed by atoms with van der Waals surface area (Å²) < 4.78 is 0. The minimum absolute atomic E-state index is 0.157. The number of nitrogens with one attached hydrogen (secondary N) is 3. The molecule has 2 aliphatic heterocycles. The van der Waals surface area contributed by atoms with Gasteiger partial charge in [0, 0.05) is 32.6 Å². The lowest BCUT2D eigenvalue weighted by atomic mass is 10.1. The third-order valence-corrected chi connectivity index (χ3v) is 4.43. The fraction of sp³-hybridized carbons (Fsp3) is 0.750. The first-order chi connectivity index (χ1) is 12.5. The molecule has 0 spiro atoms. The Hall–Kier alpha value is -2.20. The number of unbranched alkanes of at least 4 members (excludes halogenated alkanes) is 1. The first-order valence-electron chi connectivity index (χ1n) is 9.13. The van der Waals surface area contributed by atoms with Crippen LogP contribution >= 0.6 is 0 Å². The van der Waals surface area contributed by atoms with Gasteiger partial charge in [0.25, 0.3) is 5.91 Å². The van der Waals surface area contributed by atoms with Crippen molar-refractivity contribution in [1.29, 1.82) is 0 Å². The number of amides is 2. The van der Waals surface area contributed by atoms with E-state index < -0.39 is 6.04 Å². The zero-order valence-electron chi connectivity index (χ0n) is 15.3. The van der Waals surface area contributed by atoms with Crippen LogP contribution in [0, 0.1) is 0 Å². The molecule has 26 heavy (non-hydrogen) atoms. The molecule has 0 bridgehead atoms. The molecule has 2 aliphatic rings. The molecular weight excluding hydrogens is 336 g/mol. The maximum atomic E-state index is 12.4. The third kappa shape index (κ3) is 5.95. The van der Waals surface area contributed by atoms with Gasteiger partial charge in [-0.1, -0.05) is 6.42 Å². The number of hydrogen-bond donors (Lipinski definition) is 5. The van der Waals surface area contributed by atoms with Crippen LogP contribution in [0.25, 0.3) is 0 Å². The van der Waals surface area contributed by atoms with E-state index in [1.807, 2.05) is 0 Å². The SMILES string of the molecule is CN(C(=O)C[C@@H](N)CCCCN)C1CN=C(NC2=NCCCN2)NC1=O. The number of carbonyl (C=O) groups excluding carboxylic acids is 2. The predicted molar refractivity (Wildman–Crippen MR) is 101 cm³/mol. The minimum Gasteiger partial charge on any atom is -0.356 e. The van der Waals surface area contributed by atoms with Crippen molar-refractivity contribution in [3.8, 4) is 0 Å². The summed E-state index contributed by atoms with van der Waals surface area (Å²) in [6.07, 6.45) is 3.73. The predicted octanol–water partition coefficient (Wildman–Crippen LogP) is -1.92. The smallest absolute Gasteiger partial charge is 0.251 e. The van der Waals surface area contributed by atoms with E-state index in [1.54, 1.807) is 7.05 Å². The molecule has 0 aromatic heterocycles. The van der Waals surface area contributed by atoms with E-state index in [0.29, 0.717) is 18.5 Å². The quantitative estimate of drug-likeness (QED) is 0.332. The number of hydrogen-bond acceptors (Lipinski definition) is 8. The molecule has 2 rings (SSSR count). The summed E-state index contributed by atoms with van der Waals surface area (Å²) >= 11 is 0. The van der Waals surface area contributed by atoms with Gasteiger partial charge in [-0.05, 0) is 25.8 Å². The number of carbonyl (C=O) groups is 2. The van der Waals surface area contributed by atoms with Crippen LogP contribution in [0.3, 0.4) is 0 Å². The molecule has 10 nitrogen and oxygen atoms in total. The van der Waals surface area contributed by atoms with E-state index in [4.69, 9.17) is 11.5 Å². The van der Waals surface area contributed by atoms with Crippen molar-refractivity contribution in [1.82, 2.24) is 20.9 Å². The number of aliphatic imine (C=N–C) groups is 2. The van der Waals surface area contributed by atoms with Crippen molar-refractivity contribution in [2.75, 3.05) is 33.2 Å². The zero-order chi connectivity index (χ0) is 18.9. The van der Waals surface area contributed by atoms with Gasteiger partial charge in [0.05, 0.1) is 6.54 Å². The van der Waals surface area contributed by atoms with Crippen molar-refractivity contribution in [2.24, 2.45) is 21.5 Å². The number of likely N-dealkylation sites (N-methyl/N-ethyl adjacent to an activating group) is 1. The summed E-state index contributed by atoms with van der Waals surface area (Å²) in [6.45, 7) is 2.39. The number of nitrogens with zero attached hydrogens (tertiary/aromatic N) is 3. The highest BCUT2D eigenvalue weighted by atomic mass is 16.2. The topological polar surface area (TPSA) is 150 Å². The minimum atomic E-state index is -0.634. The second-order valence-electron chi connectivity index (χ2n) is 6.58. The monoisotopic (exact) mass is 366 g/mol. The van der Waals surface area contributed by atoms with E-state index >= 15 is 0 Å². The molecule has 10 heteroatoms. The molecule has 1 unspecified atom stereocenters. The molecule has 2 heterocycles. The van der Waals surface area contributed by atoms with Crippen molar-refractivity contribution in [3.63, 3.8) is 0 Å². The molecule has 0 aromatic rings. The van der Waals surface area contributed by atoms with Crippen LogP contribution in [0.4, 0.5) is 0 Å². The second-order valence-corrected chi connectivity index (χ2v) is 6.58. The van der Waals surface area contributed by atoms with Crippen molar-refractivity contribution in [3.05, 3.63) is 0 Å². The summed E-state index contributed by atoms with van der Waals surface area (Å²) in [4.78, 5) is 34.7. The molecule has 0 radical (unpaired) electrons. The highest BCUT2D eigenvalue weighted by Gasteiger charge is 2.31. The van der Waals surface area contributed by atoms with E-state index in [2.05, 4.69) is 25.9 Å². The highest BCUT2D eigenvalue weighted by Crippen LogP contribution is 2.08. The average molecular weight is 366 g/mol.